The number of aromatic amines is 1. The summed E-state index contributed by atoms with van der Waals surface area (Å²) >= 11 is 0. The zero-order chi connectivity index (χ0) is 17.1. The van der Waals surface area contributed by atoms with Crippen LogP contribution in [-0.4, -0.2) is 16.1 Å². The molecule has 0 aliphatic rings. The first-order valence-electron chi connectivity index (χ1n) is 7.71. The number of amides is 1. The van der Waals surface area contributed by atoms with E-state index in [1.807, 2.05) is 38.1 Å². The van der Waals surface area contributed by atoms with Crippen molar-refractivity contribution in [2.45, 2.75) is 19.9 Å². The summed E-state index contributed by atoms with van der Waals surface area (Å²) in [6.45, 7) is 3.87. The Morgan fingerprint density at radius 3 is 2.46 bits per heavy atom. The van der Waals surface area contributed by atoms with Crippen molar-refractivity contribution in [3.63, 3.8) is 0 Å². The molecule has 5 heteroatoms. The summed E-state index contributed by atoms with van der Waals surface area (Å²) in [6, 6.07) is 13.7. The fraction of sp³-hybridized carbons (Fsp3) is 0.158. The number of carbonyl (C=O) groups is 1. The van der Waals surface area contributed by atoms with Crippen LogP contribution in [-0.2, 0) is 0 Å². The van der Waals surface area contributed by atoms with Crippen LogP contribution in [0.3, 0.4) is 0 Å². The topological polar surface area (TPSA) is 57.8 Å². The van der Waals surface area contributed by atoms with Crippen LogP contribution in [0.15, 0.2) is 54.7 Å². The first kappa shape index (κ1) is 15.9. The van der Waals surface area contributed by atoms with Gasteiger partial charge in [-0.25, -0.2) is 4.39 Å². The fourth-order valence-electron chi connectivity index (χ4n) is 2.51. The highest BCUT2D eigenvalue weighted by Gasteiger charge is 2.17. The highest BCUT2D eigenvalue weighted by Crippen LogP contribution is 2.22. The molecule has 4 nitrogen and oxygen atoms in total. The van der Waals surface area contributed by atoms with Gasteiger partial charge in [0.1, 0.15) is 5.82 Å². The SMILES string of the molecule is Cc1ccc(-c2[nH]ncc2C(=O)NC(C)c2ccc(F)cc2)cc1. The van der Waals surface area contributed by atoms with Crippen LogP contribution in [0.25, 0.3) is 11.3 Å². The van der Waals surface area contributed by atoms with Gasteiger partial charge in [-0.1, -0.05) is 42.0 Å². The number of carbonyl (C=O) groups excluding carboxylic acids is 1. The summed E-state index contributed by atoms with van der Waals surface area (Å²) in [5, 5.41) is 9.80. The second-order valence-electron chi connectivity index (χ2n) is 5.77. The molecular weight excluding hydrogens is 305 g/mol. The lowest BCUT2D eigenvalue weighted by molar-refractivity contribution is 0.0940. The highest BCUT2D eigenvalue weighted by atomic mass is 19.1. The standard InChI is InChI=1S/C19H18FN3O/c1-12-3-5-15(6-4-12)18-17(11-21-23-18)19(24)22-13(2)14-7-9-16(20)10-8-14/h3-11,13H,1-2H3,(H,21,23)(H,22,24). The van der Waals surface area contributed by atoms with Crippen molar-refractivity contribution in [3.05, 3.63) is 77.2 Å². The molecule has 0 aliphatic heterocycles. The van der Waals surface area contributed by atoms with Crippen LogP contribution < -0.4 is 5.32 Å². The van der Waals surface area contributed by atoms with Crippen molar-refractivity contribution in [2.24, 2.45) is 0 Å². The fourth-order valence-corrected chi connectivity index (χ4v) is 2.51. The van der Waals surface area contributed by atoms with Crippen molar-refractivity contribution < 1.29 is 9.18 Å². The van der Waals surface area contributed by atoms with Gasteiger partial charge in [0.25, 0.3) is 5.91 Å². The third kappa shape index (κ3) is 3.35. The molecule has 3 aromatic rings. The third-order valence-corrected chi connectivity index (χ3v) is 3.94. The summed E-state index contributed by atoms with van der Waals surface area (Å²) in [5.41, 5.74) is 4.05. The van der Waals surface area contributed by atoms with Crippen LogP contribution >= 0.6 is 0 Å². The maximum Gasteiger partial charge on any atom is 0.255 e. The maximum atomic E-state index is 13.0. The zero-order valence-electron chi connectivity index (χ0n) is 13.5. The minimum atomic E-state index is -0.297. The molecule has 3 rings (SSSR count). The first-order valence-corrected chi connectivity index (χ1v) is 7.71. The normalized spacial score (nSPS) is 12.0. The maximum absolute atomic E-state index is 13.0. The number of hydrogen-bond donors (Lipinski definition) is 2. The molecular formula is C19H18FN3O. The van der Waals surface area contributed by atoms with Gasteiger partial charge in [0.05, 0.1) is 23.5 Å². The molecule has 2 N–H and O–H groups in total. The Morgan fingerprint density at radius 1 is 1.12 bits per heavy atom. The predicted octanol–water partition coefficient (Wildman–Crippen LogP) is 4.02. The van der Waals surface area contributed by atoms with E-state index in [4.69, 9.17) is 0 Å². The van der Waals surface area contributed by atoms with Crippen LogP contribution in [0.1, 0.15) is 34.5 Å². The van der Waals surface area contributed by atoms with Gasteiger partial charge in [-0.2, -0.15) is 5.10 Å². The van der Waals surface area contributed by atoms with Crippen LogP contribution in [0.4, 0.5) is 4.39 Å². The molecule has 0 saturated carbocycles. The molecule has 0 aliphatic carbocycles. The van der Waals surface area contributed by atoms with E-state index in [0.29, 0.717) is 11.3 Å². The summed E-state index contributed by atoms with van der Waals surface area (Å²) in [5.74, 6) is -0.523. The monoisotopic (exact) mass is 323 g/mol. The van der Waals surface area contributed by atoms with Crippen molar-refractivity contribution in [2.75, 3.05) is 0 Å². The van der Waals surface area contributed by atoms with Gasteiger partial charge >= 0.3 is 0 Å². The molecule has 0 spiro atoms. The molecule has 122 valence electrons. The minimum Gasteiger partial charge on any atom is -0.345 e. The zero-order valence-corrected chi connectivity index (χ0v) is 13.5. The minimum absolute atomic E-state index is 0.226. The van der Waals surface area contributed by atoms with Gasteiger partial charge in [-0.05, 0) is 31.5 Å². The Bertz CT molecular complexity index is 838. The molecule has 1 amide bonds. The number of benzene rings is 2. The number of aryl methyl sites for hydroxylation is 1. The van der Waals surface area contributed by atoms with Crippen molar-refractivity contribution in [3.8, 4) is 11.3 Å². The Morgan fingerprint density at radius 2 is 1.79 bits per heavy atom. The third-order valence-electron chi connectivity index (χ3n) is 3.94. The van der Waals surface area contributed by atoms with Crippen molar-refractivity contribution in [1.82, 2.24) is 15.5 Å². The van der Waals surface area contributed by atoms with E-state index in [1.165, 1.54) is 18.3 Å². The summed E-state index contributed by atoms with van der Waals surface area (Å²) in [6.07, 6.45) is 1.52. The second-order valence-corrected chi connectivity index (χ2v) is 5.77. The molecule has 24 heavy (non-hydrogen) atoms. The number of hydrogen-bond acceptors (Lipinski definition) is 2. The van der Waals surface area contributed by atoms with Crippen LogP contribution in [0, 0.1) is 12.7 Å². The lowest BCUT2D eigenvalue weighted by Gasteiger charge is -2.14. The lowest BCUT2D eigenvalue weighted by Crippen LogP contribution is -2.26. The van der Waals surface area contributed by atoms with Gasteiger partial charge in [-0.15, -0.1) is 0 Å². The van der Waals surface area contributed by atoms with Gasteiger partial charge in [0.2, 0.25) is 0 Å². The first-order chi connectivity index (χ1) is 11.5. The average molecular weight is 323 g/mol. The molecule has 0 saturated heterocycles. The van der Waals surface area contributed by atoms with E-state index in [9.17, 15) is 9.18 Å². The van der Waals surface area contributed by atoms with E-state index in [-0.39, 0.29) is 17.8 Å². The molecule has 0 radical (unpaired) electrons. The summed E-state index contributed by atoms with van der Waals surface area (Å²) in [4.78, 5) is 12.6. The predicted molar refractivity (Wildman–Crippen MR) is 91.0 cm³/mol. The summed E-state index contributed by atoms with van der Waals surface area (Å²) < 4.78 is 13.0. The Hall–Kier alpha value is -2.95. The largest absolute Gasteiger partial charge is 0.345 e. The molecule has 0 bridgehead atoms. The van der Waals surface area contributed by atoms with E-state index < -0.39 is 0 Å². The lowest BCUT2D eigenvalue weighted by atomic mass is 10.0. The van der Waals surface area contributed by atoms with E-state index in [0.717, 1.165) is 16.7 Å². The molecule has 1 unspecified atom stereocenters. The van der Waals surface area contributed by atoms with E-state index in [1.54, 1.807) is 12.1 Å². The number of rotatable bonds is 4. The van der Waals surface area contributed by atoms with Crippen molar-refractivity contribution in [1.29, 1.82) is 0 Å². The highest BCUT2D eigenvalue weighted by molar-refractivity contribution is 5.99. The van der Waals surface area contributed by atoms with Gasteiger partial charge in [0.15, 0.2) is 0 Å². The molecule has 2 aromatic carbocycles. The van der Waals surface area contributed by atoms with Gasteiger partial charge < -0.3 is 5.32 Å². The average Bonchev–Trinajstić information content (AvgIpc) is 3.06. The molecule has 1 atom stereocenters. The number of H-pyrrole nitrogens is 1. The molecule has 1 aromatic heterocycles. The number of aromatic nitrogens is 2. The van der Waals surface area contributed by atoms with Crippen LogP contribution in [0.2, 0.25) is 0 Å². The Balaban J connectivity index is 1.80. The smallest absolute Gasteiger partial charge is 0.255 e. The van der Waals surface area contributed by atoms with Crippen LogP contribution in [0.5, 0.6) is 0 Å². The van der Waals surface area contributed by atoms with Gasteiger partial charge in [0, 0.05) is 5.56 Å². The summed E-state index contributed by atoms with van der Waals surface area (Å²) in [7, 11) is 0. The van der Waals surface area contributed by atoms with Gasteiger partial charge in [-0.3, -0.25) is 9.89 Å². The van der Waals surface area contributed by atoms with E-state index in [2.05, 4.69) is 15.5 Å². The quantitative estimate of drug-likeness (QED) is 0.762. The Labute approximate surface area is 139 Å². The second kappa shape index (κ2) is 6.66. The molecule has 0 fully saturated rings. The number of nitrogens with zero attached hydrogens (tertiary/aromatic N) is 1. The van der Waals surface area contributed by atoms with E-state index >= 15 is 0 Å². The molecule has 1 heterocycles. The van der Waals surface area contributed by atoms with Crippen molar-refractivity contribution >= 4 is 5.91 Å². The number of nitrogens with one attached hydrogen (secondary N) is 2. The number of halogens is 1. The Kier molecular flexibility index (Phi) is 4.42.